The van der Waals surface area contributed by atoms with Gasteiger partial charge in [-0.05, 0) is 30.9 Å². The zero-order valence-electron chi connectivity index (χ0n) is 10.7. The molecule has 1 aromatic rings. The number of guanidine groups is 1. The first-order valence-corrected chi connectivity index (χ1v) is 6.31. The summed E-state index contributed by atoms with van der Waals surface area (Å²) < 4.78 is 0. The molecule has 1 aliphatic heterocycles. The van der Waals surface area contributed by atoms with Gasteiger partial charge in [-0.2, -0.15) is 0 Å². The maximum absolute atomic E-state index is 4.35. The van der Waals surface area contributed by atoms with E-state index in [0.29, 0.717) is 0 Å². The van der Waals surface area contributed by atoms with Crippen molar-refractivity contribution in [2.75, 3.05) is 20.1 Å². The van der Waals surface area contributed by atoms with Crippen molar-refractivity contribution in [3.63, 3.8) is 0 Å². The van der Waals surface area contributed by atoms with Crippen molar-refractivity contribution >= 4 is 5.96 Å². The quantitative estimate of drug-likeness (QED) is 0.624. The molecule has 92 valence electrons. The molecule has 2 rings (SSSR count). The molecule has 1 heterocycles. The molecule has 0 unspecified atom stereocenters. The van der Waals surface area contributed by atoms with Crippen LogP contribution in [0.5, 0.6) is 0 Å². The zero-order valence-corrected chi connectivity index (χ0v) is 10.7. The first kappa shape index (κ1) is 12.0. The van der Waals surface area contributed by atoms with Crippen molar-refractivity contribution in [2.45, 2.75) is 26.3 Å². The predicted molar refractivity (Wildman–Crippen MR) is 72.2 cm³/mol. The lowest BCUT2D eigenvalue weighted by molar-refractivity contribution is 0.493. The summed E-state index contributed by atoms with van der Waals surface area (Å²) in [6.07, 6.45) is 2.57. The van der Waals surface area contributed by atoms with E-state index in [1.165, 1.54) is 24.0 Å². The van der Waals surface area contributed by atoms with E-state index in [1.807, 2.05) is 7.05 Å². The molecule has 0 saturated carbocycles. The largest absolute Gasteiger partial charge is 0.352 e. The van der Waals surface area contributed by atoms with Crippen LogP contribution < -0.4 is 5.32 Å². The van der Waals surface area contributed by atoms with Crippen LogP contribution in [0, 0.1) is 6.92 Å². The fourth-order valence-corrected chi connectivity index (χ4v) is 2.24. The molecule has 1 fully saturated rings. The summed E-state index contributed by atoms with van der Waals surface area (Å²) in [5.74, 6) is 1.03. The van der Waals surface area contributed by atoms with Crippen molar-refractivity contribution in [3.8, 4) is 0 Å². The Morgan fingerprint density at radius 2 is 2.00 bits per heavy atom. The number of hydrogen-bond donors (Lipinski definition) is 1. The lowest BCUT2D eigenvalue weighted by Gasteiger charge is -2.21. The summed E-state index contributed by atoms with van der Waals surface area (Å²) in [4.78, 5) is 6.68. The maximum atomic E-state index is 4.35. The van der Waals surface area contributed by atoms with E-state index in [1.54, 1.807) is 0 Å². The molecule has 3 heteroatoms. The Hall–Kier alpha value is -1.51. The highest BCUT2D eigenvalue weighted by Gasteiger charge is 2.15. The Kier molecular flexibility index (Phi) is 4.02. The molecule has 3 nitrogen and oxygen atoms in total. The normalized spacial score (nSPS) is 16.4. The van der Waals surface area contributed by atoms with Gasteiger partial charge in [0.15, 0.2) is 5.96 Å². The first-order chi connectivity index (χ1) is 8.31. The number of nitrogens with one attached hydrogen (secondary N) is 1. The highest BCUT2D eigenvalue weighted by Crippen LogP contribution is 2.09. The molecule has 0 atom stereocenters. The number of aryl methyl sites for hydroxylation is 1. The lowest BCUT2D eigenvalue weighted by Crippen LogP contribution is -2.39. The second-order valence-corrected chi connectivity index (χ2v) is 4.52. The Balaban J connectivity index is 1.94. The van der Waals surface area contributed by atoms with Crippen molar-refractivity contribution < 1.29 is 0 Å². The number of aliphatic imine (C=N–C) groups is 1. The Bertz CT molecular complexity index is 392. The van der Waals surface area contributed by atoms with E-state index >= 15 is 0 Å². The molecule has 0 radical (unpaired) electrons. The fraction of sp³-hybridized carbons (Fsp3) is 0.500. The minimum Gasteiger partial charge on any atom is -0.352 e. The van der Waals surface area contributed by atoms with Gasteiger partial charge in [-0.15, -0.1) is 0 Å². The lowest BCUT2D eigenvalue weighted by atomic mass is 10.1. The van der Waals surface area contributed by atoms with Gasteiger partial charge >= 0.3 is 0 Å². The second kappa shape index (κ2) is 5.71. The highest BCUT2D eigenvalue weighted by atomic mass is 15.3. The minimum atomic E-state index is 0.857. The molecule has 0 bridgehead atoms. The summed E-state index contributed by atoms with van der Waals surface area (Å²) in [5, 5.41) is 3.44. The molecule has 0 spiro atoms. The van der Waals surface area contributed by atoms with E-state index in [4.69, 9.17) is 0 Å². The van der Waals surface area contributed by atoms with Crippen LogP contribution in [-0.4, -0.2) is 31.0 Å². The van der Waals surface area contributed by atoms with Gasteiger partial charge < -0.3 is 10.2 Å². The second-order valence-electron chi connectivity index (χ2n) is 4.52. The van der Waals surface area contributed by atoms with Gasteiger partial charge in [-0.3, -0.25) is 4.99 Å². The monoisotopic (exact) mass is 231 g/mol. The topological polar surface area (TPSA) is 27.6 Å². The molecule has 0 aromatic heterocycles. The average Bonchev–Trinajstić information content (AvgIpc) is 2.86. The Morgan fingerprint density at radius 1 is 1.29 bits per heavy atom. The smallest absolute Gasteiger partial charge is 0.193 e. The van der Waals surface area contributed by atoms with Crippen molar-refractivity contribution in [1.29, 1.82) is 0 Å². The Morgan fingerprint density at radius 3 is 2.65 bits per heavy atom. The van der Waals surface area contributed by atoms with Gasteiger partial charge in [0.05, 0.1) is 0 Å². The van der Waals surface area contributed by atoms with Crippen LogP contribution in [-0.2, 0) is 6.54 Å². The van der Waals surface area contributed by atoms with Crippen molar-refractivity contribution in [1.82, 2.24) is 10.2 Å². The van der Waals surface area contributed by atoms with Gasteiger partial charge in [0.25, 0.3) is 0 Å². The maximum Gasteiger partial charge on any atom is 0.193 e. The molecule has 0 amide bonds. The first-order valence-electron chi connectivity index (χ1n) is 6.31. The van der Waals surface area contributed by atoms with Crippen LogP contribution in [0.15, 0.2) is 29.3 Å². The summed E-state index contributed by atoms with van der Waals surface area (Å²) in [5.41, 5.74) is 2.67. The van der Waals surface area contributed by atoms with Gasteiger partial charge in [0, 0.05) is 26.7 Å². The summed E-state index contributed by atoms with van der Waals surface area (Å²) in [6.45, 7) is 5.27. The van der Waals surface area contributed by atoms with Crippen LogP contribution in [0.25, 0.3) is 0 Å². The van der Waals surface area contributed by atoms with E-state index < -0.39 is 0 Å². The van der Waals surface area contributed by atoms with E-state index in [9.17, 15) is 0 Å². The Labute approximate surface area is 104 Å². The molecule has 1 N–H and O–H groups in total. The van der Waals surface area contributed by atoms with Crippen LogP contribution in [0.4, 0.5) is 0 Å². The SMILES string of the molecule is CN=C(NCc1ccccc1C)N1CCCC1. The molecular formula is C14H21N3. The number of nitrogens with zero attached hydrogens (tertiary/aromatic N) is 2. The van der Waals surface area contributed by atoms with E-state index in [-0.39, 0.29) is 0 Å². The number of benzene rings is 1. The third kappa shape index (κ3) is 2.99. The standard InChI is InChI=1S/C14H21N3/c1-12-7-3-4-8-13(12)11-16-14(15-2)17-9-5-6-10-17/h3-4,7-8H,5-6,9-11H2,1-2H3,(H,15,16). The summed E-state index contributed by atoms with van der Waals surface area (Å²) in [7, 11) is 1.86. The van der Waals surface area contributed by atoms with Crippen LogP contribution in [0.2, 0.25) is 0 Å². The predicted octanol–water partition coefficient (Wildman–Crippen LogP) is 2.17. The molecule has 1 aromatic carbocycles. The highest BCUT2D eigenvalue weighted by molar-refractivity contribution is 5.80. The fourth-order valence-electron chi connectivity index (χ4n) is 2.24. The summed E-state index contributed by atoms with van der Waals surface area (Å²) in [6, 6.07) is 8.48. The minimum absolute atomic E-state index is 0.857. The van der Waals surface area contributed by atoms with Crippen LogP contribution in [0.1, 0.15) is 24.0 Å². The number of rotatable bonds is 2. The third-order valence-corrected chi connectivity index (χ3v) is 3.32. The number of likely N-dealkylation sites (tertiary alicyclic amines) is 1. The van der Waals surface area contributed by atoms with Crippen LogP contribution in [0.3, 0.4) is 0 Å². The van der Waals surface area contributed by atoms with Crippen molar-refractivity contribution in [2.24, 2.45) is 4.99 Å². The zero-order chi connectivity index (χ0) is 12.1. The van der Waals surface area contributed by atoms with E-state index in [0.717, 1.165) is 25.6 Å². The molecule has 0 aliphatic carbocycles. The average molecular weight is 231 g/mol. The van der Waals surface area contributed by atoms with Gasteiger partial charge in [-0.1, -0.05) is 24.3 Å². The van der Waals surface area contributed by atoms with Gasteiger partial charge in [-0.25, -0.2) is 0 Å². The molecule has 1 aliphatic rings. The summed E-state index contributed by atoms with van der Waals surface area (Å²) >= 11 is 0. The van der Waals surface area contributed by atoms with E-state index in [2.05, 4.69) is 46.4 Å². The third-order valence-electron chi connectivity index (χ3n) is 3.32. The van der Waals surface area contributed by atoms with Gasteiger partial charge in [0.1, 0.15) is 0 Å². The number of hydrogen-bond acceptors (Lipinski definition) is 1. The molecular weight excluding hydrogens is 210 g/mol. The molecule has 17 heavy (non-hydrogen) atoms. The van der Waals surface area contributed by atoms with Crippen molar-refractivity contribution in [3.05, 3.63) is 35.4 Å². The van der Waals surface area contributed by atoms with Crippen LogP contribution >= 0.6 is 0 Å². The molecule has 1 saturated heterocycles. The van der Waals surface area contributed by atoms with Gasteiger partial charge in [0.2, 0.25) is 0 Å².